The van der Waals surface area contributed by atoms with Gasteiger partial charge in [-0.15, -0.1) is 0 Å². The molecule has 0 radical (unpaired) electrons. The van der Waals surface area contributed by atoms with Crippen molar-refractivity contribution in [2.45, 2.75) is 13.0 Å². The highest BCUT2D eigenvalue weighted by molar-refractivity contribution is 9.10. The number of benzene rings is 1. The maximum atomic E-state index is 4.33. The Labute approximate surface area is 132 Å². The second-order valence-corrected chi connectivity index (χ2v) is 5.69. The molecule has 0 aliphatic carbocycles. The summed E-state index contributed by atoms with van der Waals surface area (Å²) in [7, 11) is 0. The molecule has 21 heavy (non-hydrogen) atoms. The smallest absolute Gasteiger partial charge is 0.126 e. The van der Waals surface area contributed by atoms with Gasteiger partial charge in [0.25, 0.3) is 0 Å². The van der Waals surface area contributed by atoms with Crippen LogP contribution in [0, 0.1) is 0 Å². The van der Waals surface area contributed by atoms with Gasteiger partial charge >= 0.3 is 0 Å². The number of aromatic nitrogens is 3. The third-order valence-electron chi connectivity index (χ3n) is 3.25. The van der Waals surface area contributed by atoms with Gasteiger partial charge in [-0.1, -0.05) is 12.1 Å². The van der Waals surface area contributed by atoms with Crippen LogP contribution in [0.25, 0.3) is 5.69 Å². The van der Waals surface area contributed by atoms with Gasteiger partial charge in [0.05, 0.1) is 5.69 Å². The molecule has 2 heterocycles. The molecular weight excluding hydrogens is 328 g/mol. The Morgan fingerprint density at radius 1 is 1.14 bits per heavy atom. The summed E-state index contributed by atoms with van der Waals surface area (Å²) in [4.78, 5) is 4.33. The molecule has 2 aromatic heterocycles. The topological polar surface area (TPSA) is 42.7 Å². The molecule has 0 amide bonds. The quantitative estimate of drug-likeness (QED) is 0.772. The highest BCUT2D eigenvalue weighted by atomic mass is 79.9. The van der Waals surface area contributed by atoms with Crippen molar-refractivity contribution in [2.24, 2.45) is 0 Å². The summed E-state index contributed by atoms with van der Waals surface area (Å²) >= 11 is 3.38. The summed E-state index contributed by atoms with van der Waals surface area (Å²) in [5, 5.41) is 7.61. The molecule has 0 bridgehead atoms. The number of nitrogens with zero attached hydrogens (tertiary/aromatic N) is 3. The number of anilines is 1. The molecule has 0 fully saturated rings. The Bertz CT molecular complexity index is 690. The molecule has 0 saturated heterocycles. The number of hydrogen-bond acceptors (Lipinski definition) is 3. The average Bonchev–Trinajstić information content (AvgIpc) is 3.04. The van der Waals surface area contributed by atoms with Crippen LogP contribution in [0.3, 0.4) is 0 Å². The largest absolute Gasteiger partial charge is 0.364 e. The molecule has 5 heteroatoms. The highest BCUT2D eigenvalue weighted by Gasteiger charge is 2.06. The van der Waals surface area contributed by atoms with Gasteiger partial charge in [0.1, 0.15) is 5.82 Å². The van der Waals surface area contributed by atoms with Gasteiger partial charge in [-0.25, -0.2) is 9.67 Å². The third kappa shape index (κ3) is 3.31. The van der Waals surface area contributed by atoms with E-state index in [1.54, 1.807) is 12.4 Å². The van der Waals surface area contributed by atoms with E-state index < -0.39 is 0 Å². The van der Waals surface area contributed by atoms with Crippen molar-refractivity contribution in [1.82, 2.24) is 14.8 Å². The maximum absolute atomic E-state index is 4.33. The van der Waals surface area contributed by atoms with Crippen molar-refractivity contribution in [3.8, 4) is 5.69 Å². The zero-order chi connectivity index (χ0) is 14.7. The minimum atomic E-state index is 0.186. The monoisotopic (exact) mass is 342 g/mol. The summed E-state index contributed by atoms with van der Waals surface area (Å²) in [5.74, 6) is 0.863. The summed E-state index contributed by atoms with van der Waals surface area (Å²) in [6, 6.07) is 14.4. The Kier molecular flexibility index (Phi) is 4.01. The lowest BCUT2D eigenvalue weighted by molar-refractivity contribution is 0.859. The fourth-order valence-electron chi connectivity index (χ4n) is 2.10. The van der Waals surface area contributed by atoms with E-state index in [0.29, 0.717) is 0 Å². The molecule has 1 unspecified atom stereocenters. The SMILES string of the molecule is CC(Nc1ccc(Br)cn1)c1ccc(-n2cccn2)cc1. The fraction of sp³-hybridized carbons (Fsp3) is 0.125. The summed E-state index contributed by atoms with van der Waals surface area (Å²) in [6.07, 6.45) is 5.50. The van der Waals surface area contributed by atoms with Gasteiger partial charge < -0.3 is 5.32 Å². The normalized spacial score (nSPS) is 12.1. The first-order valence-corrected chi connectivity index (χ1v) is 7.50. The van der Waals surface area contributed by atoms with Crippen LogP contribution in [-0.2, 0) is 0 Å². The maximum Gasteiger partial charge on any atom is 0.126 e. The summed E-state index contributed by atoms with van der Waals surface area (Å²) in [6.45, 7) is 2.12. The lowest BCUT2D eigenvalue weighted by Gasteiger charge is -2.15. The molecule has 106 valence electrons. The molecule has 0 saturated carbocycles. The van der Waals surface area contributed by atoms with E-state index in [0.717, 1.165) is 16.0 Å². The van der Waals surface area contributed by atoms with Crippen molar-refractivity contribution in [3.05, 3.63) is 71.1 Å². The van der Waals surface area contributed by atoms with Crippen LogP contribution < -0.4 is 5.32 Å². The van der Waals surface area contributed by atoms with Crippen molar-refractivity contribution in [2.75, 3.05) is 5.32 Å². The minimum Gasteiger partial charge on any atom is -0.364 e. The molecule has 3 rings (SSSR count). The van der Waals surface area contributed by atoms with Gasteiger partial charge in [-0.3, -0.25) is 0 Å². The van der Waals surface area contributed by atoms with Crippen molar-refractivity contribution in [3.63, 3.8) is 0 Å². The van der Waals surface area contributed by atoms with Gasteiger partial charge in [-0.2, -0.15) is 5.10 Å². The fourth-order valence-corrected chi connectivity index (χ4v) is 2.34. The minimum absolute atomic E-state index is 0.186. The first-order chi connectivity index (χ1) is 10.2. The van der Waals surface area contributed by atoms with Crippen molar-refractivity contribution in [1.29, 1.82) is 0 Å². The molecule has 1 atom stereocenters. The lowest BCUT2D eigenvalue weighted by Crippen LogP contribution is -2.08. The summed E-state index contributed by atoms with van der Waals surface area (Å²) < 4.78 is 2.82. The number of pyridine rings is 1. The predicted molar refractivity (Wildman–Crippen MR) is 87.5 cm³/mol. The van der Waals surface area contributed by atoms with Crippen LogP contribution in [0.2, 0.25) is 0 Å². The zero-order valence-corrected chi connectivity index (χ0v) is 13.2. The first-order valence-electron chi connectivity index (χ1n) is 6.70. The number of nitrogens with one attached hydrogen (secondary N) is 1. The van der Waals surface area contributed by atoms with Crippen LogP contribution in [0.4, 0.5) is 5.82 Å². The lowest BCUT2D eigenvalue weighted by atomic mass is 10.1. The zero-order valence-electron chi connectivity index (χ0n) is 11.6. The van der Waals surface area contributed by atoms with E-state index in [4.69, 9.17) is 0 Å². The molecule has 0 spiro atoms. The Morgan fingerprint density at radius 2 is 1.95 bits per heavy atom. The van der Waals surface area contributed by atoms with Crippen LogP contribution in [-0.4, -0.2) is 14.8 Å². The molecule has 0 aliphatic heterocycles. The van der Waals surface area contributed by atoms with Crippen LogP contribution in [0.15, 0.2) is 65.5 Å². The second kappa shape index (κ2) is 6.10. The second-order valence-electron chi connectivity index (χ2n) is 4.77. The Morgan fingerprint density at radius 3 is 2.57 bits per heavy atom. The number of hydrogen-bond donors (Lipinski definition) is 1. The predicted octanol–water partition coefficient (Wildman–Crippen LogP) is 4.20. The molecule has 0 aliphatic rings. The number of halogens is 1. The van der Waals surface area contributed by atoms with Gasteiger partial charge in [0.15, 0.2) is 0 Å². The van der Waals surface area contributed by atoms with E-state index in [9.17, 15) is 0 Å². The van der Waals surface area contributed by atoms with Crippen LogP contribution in [0.1, 0.15) is 18.5 Å². The Hall–Kier alpha value is -2.14. The van der Waals surface area contributed by atoms with Crippen LogP contribution in [0.5, 0.6) is 0 Å². The average molecular weight is 343 g/mol. The highest BCUT2D eigenvalue weighted by Crippen LogP contribution is 2.20. The summed E-state index contributed by atoms with van der Waals surface area (Å²) in [5.41, 5.74) is 2.26. The van der Waals surface area contributed by atoms with Crippen molar-refractivity contribution >= 4 is 21.7 Å². The van der Waals surface area contributed by atoms with Gasteiger partial charge in [0, 0.05) is 29.1 Å². The number of rotatable bonds is 4. The van der Waals surface area contributed by atoms with E-state index in [2.05, 4.69) is 62.5 Å². The molecule has 4 nitrogen and oxygen atoms in total. The van der Waals surface area contributed by atoms with Crippen LogP contribution >= 0.6 is 15.9 Å². The molecule has 3 aromatic rings. The molecule has 1 aromatic carbocycles. The molecular formula is C16H15BrN4. The third-order valence-corrected chi connectivity index (χ3v) is 3.72. The van der Waals surface area contributed by atoms with Gasteiger partial charge in [-0.05, 0) is 58.7 Å². The first kappa shape index (κ1) is 13.8. The van der Waals surface area contributed by atoms with E-state index in [1.807, 2.05) is 29.1 Å². The standard InChI is InChI=1S/C16H15BrN4/c1-12(20-16-8-5-14(17)11-18-16)13-3-6-15(7-4-13)21-10-2-9-19-21/h2-12H,1H3,(H,18,20). The van der Waals surface area contributed by atoms with E-state index >= 15 is 0 Å². The molecule has 1 N–H and O–H groups in total. The van der Waals surface area contributed by atoms with E-state index in [1.165, 1.54) is 5.56 Å². The van der Waals surface area contributed by atoms with Gasteiger partial charge in [0.2, 0.25) is 0 Å². The Balaban J connectivity index is 1.73. The van der Waals surface area contributed by atoms with Crippen molar-refractivity contribution < 1.29 is 0 Å². The van der Waals surface area contributed by atoms with E-state index in [-0.39, 0.29) is 6.04 Å².